The van der Waals surface area contributed by atoms with E-state index in [0.717, 1.165) is 17.1 Å². The standard InChI is InChI=1S/C61H44N2/c1-61(2)57-21-10-8-19-53(57)54-35-34-52(40-58(54)61)62(49-29-23-43(24-30-49)41-13-4-3-5-14-41)50-31-25-44(26-32-50)45-17-12-18-46(37-45)48-28-36-60-56(39-48)55-20-9-11-22-59(55)63(60)51-33-27-42-15-6-7-16-47(42)38-51/h3-40H,1-2H3. The molecule has 0 fully saturated rings. The maximum absolute atomic E-state index is 2.41. The van der Waals surface area contributed by atoms with Gasteiger partial charge in [-0.3, -0.25) is 0 Å². The first kappa shape index (κ1) is 36.9. The predicted octanol–water partition coefficient (Wildman–Crippen LogP) is 16.7. The first-order valence-electron chi connectivity index (χ1n) is 21.9. The number of nitrogens with zero attached hydrogens (tertiary/aromatic N) is 2. The number of aromatic nitrogens is 1. The van der Waals surface area contributed by atoms with Crippen LogP contribution in [0.5, 0.6) is 0 Å². The Balaban J connectivity index is 0.908. The summed E-state index contributed by atoms with van der Waals surface area (Å²) in [4.78, 5) is 2.40. The van der Waals surface area contributed by atoms with Crippen molar-refractivity contribution in [3.8, 4) is 50.2 Å². The number of hydrogen-bond donors (Lipinski definition) is 0. The van der Waals surface area contributed by atoms with Gasteiger partial charge in [0.25, 0.3) is 0 Å². The Bertz CT molecular complexity index is 3520. The Hall–Kier alpha value is -7.94. The van der Waals surface area contributed by atoms with Crippen molar-refractivity contribution in [2.75, 3.05) is 4.90 Å². The fourth-order valence-electron chi connectivity index (χ4n) is 10.1. The van der Waals surface area contributed by atoms with Gasteiger partial charge in [-0.15, -0.1) is 0 Å². The molecule has 2 nitrogen and oxygen atoms in total. The van der Waals surface area contributed by atoms with Crippen LogP contribution in [0.15, 0.2) is 231 Å². The lowest BCUT2D eigenvalue weighted by molar-refractivity contribution is 0.660. The number of fused-ring (bicyclic) bond motifs is 7. The predicted molar refractivity (Wildman–Crippen MR) is 267 cm³/mol. The summed E-state index contributed by atoms with van der Waals surface area (Å²) in [6, 6.07) is 84.6. The summed E-state index contributed by atoms with van der Waals surface area (Å²) in [6.07, 6.45) is 0. The maximum atomic E-state index is 2.41. The average Bonchev–Trinajstić information content (AvgIpc) is 3.80. The molecule has 0 N–H and O–H groups in total. The third kappa shape index (κ3) is 6.17. The van der Waals surface area contributed by atoms with Gasteiger partial charge in [0, 0.05) is 38.9 Å². The zero-order valence-corrected chi connectivity index (χ0v) is 35.3. The summed E-state index contributed by atoms with van der Waals surface area (Å²) in [7, 11) is 0. The second-order valence-electron chi connectivity index (χ2n) is 17.4. The zero-order valence-electron chi connectivity index (χ0n) is 35.3. The van der Waals surface area contributed by atoms with Gasteiger partial charge in [0.1, 0.15) is 0 Å². The van der Waals surface area contributed by atoms with E-state index in [0.29, 0.717) is 0 Å². The molecule has 1 aromatic heterocycles. The van der Waals surface area contributed by atoms with Gasteiger partial charge in [-0.25, -0.2) is 0 Å². The number of anilines is 3. The number of rotatable bonds is 7. The van der Waals surface area contributed by atoms with E-state index < -0.39 is 0 Å². The summed E-state index contributed by atoms with van der Waals surface area (Å²) in [6.45, 7) is 4.71. The highest BCUT2D eigenvalue weighted by Crippen LogP contribution is 2.51. The third-order valence-electron chi connectivity index (χ3n) is 13.4. The summed E-state index contributed by atoms with van der Waals surface area (Å²) < 4.78 is 2.41. The smallest absolute Gasteiger partial charge is 0.0541 e. The van der Waals surface area contributed by atoms with Gasteiger partial charge in [-0.1, -0.05) is 172 Å². The molecule has 11 aromatic rings. The Morgan fingerprint density at radius 2 is 0.889 bits per heavy atom. The number of hydrogen-bond acceptors (Lipinski definition) is 1. The third-order valence-corrected chi connectivity index (χ3v) is 13.4. The molecule has 0 saturated heterocycles. The van der Waals surface area contributed by atoms with E-state index in [1.54, 1.807) is 0 Å². The minimum Gasteiger partial charge on any atom is -0.310 e. The minimum absolute atomic E-state index is 0.0987. The highest BCUT2D eigenvalue weighted by atomic mass is 15.1. The first-order chi connectivity index (χ1) is 31.0. The molecule has 0 spiro atoms. The number of benzene rings is 10. The molecular formula is C61H44N2. The normalized spacial score (nSPS) is 12.7. The quantitative estimate of drug-likeness (QED) is 0.156. The van der Waals surface area contributed by atoms with Gasteiger partial charge < -0.3 is 9.47 Å². The van der Waals surface area contributed by atoms with Crippen LogP contribution in [-0.2, 0) is 5.41 Å². The van der Waals surface area contributed by atoms with Crippen LogP contribution in [-0.4, -0.2) is 4.57 Å². The van der Waals surface area contributed by atoms with Gasteiger partial charge in [0.15, 0.2) is 0 Å². The fraction of sp³-hybridized carbons (Fsp3) is 0.0492. The monoisotopic (exact) mass is 804 g/mol. The van der Waals surface area contributed by atoms with Crippen LogP contribution in [0.2, 0.25) is 0 Å². The SMILES string of the molecule is CC1(C)c2ccccc2-c2ccc(N(c3ccc(-c4ccccc4)cc3)c3ccc(-c4cccc(-c5ccc6c(c5)c5ccccc5n6-c5ccc6ccccc6c5)c4)cc3)cc21. The van der Waals surface area contributed by atoms with E-state index >= 15 is 0 Å². The molecule has 12 rings (SSSR count). The lowest BCUT2D eigenvalue weighted by Gasteiger charge is -2.28. The first-order valence-corrected chi connectivity index (χ1v) is 21.9. The van der Waals surface area contributed by atoms with Gasteiger partial charge in [-0.2, -0.15) is 0 Å². The van der Waals surface area contributed by atoms with E-state index in [2.05, 4.69) is 254 Å². The Labute approximate surface area is 368 Å². The molecule has 0 aliphatic heterocycles. The van der Waals surface area contributed by atoms with Crippen LogP contribution in [0.4, 0.5) is 17.1 Å². The van der Waals surface area contributed by atoms with Crippen molar-refractivity contribution in [1.29, 1.82) is 0 Å². The van der Waals surface area contributed by atoms with E-state index in [1.807, 2.05) is 0 Å². The van der Waals surface area contributed by atoms with Gasteiger partial charge in [0.2, 0.25) is 0 Å². The van der Waals surface area contributed by atoms with Crippen LogP contribution in [0.1, 0.15) is 25.0 Å². The molecule has 10 aromatic carbocycles. The second-order valence-corrected chi connectivity index (χ2v) is 17.4. The highest BCUT2D eigenvalue weighted by Gasteiger charge is 2.35. The summed E-state index contributed by atoms with van der Waals surface area (Å²) >= 11 is 0. The van der Waals surface area contributed by atoms with Crippen molar-refractivity contribution < 1.29 is 0 Å². The molecule has 63 heavy (non-hydrogen) atoms. The van der Waals surface area contributed by atoms with E-state index in [-0.39, 0.29) is 5.41 Å². The van der Waals surface area contributed by atoms with Crippen molar-refractivity contribution in [1.82, 2.24) is 4.57 Å². The van der Waals surface area contributed by atoms with E-state index in [1.165, 1.54) is 93.9 Å². The van der Waals surface area contributed by atoms with Crippen LogP contribution >= 0.6 is 0 Å². The van der Waals surface area contributed by atoms with Crippen LogP contribution in [0.25, 0.3) is 82.8 Å². The second kappa shape index (κ2) is 14.6. The molecule has 298 valence electrons. The molecule has 0 atom stereocenters. The largest absolute Gasteiger partial charge is 0.310 e. The molecule has 0 radical (unpaired) electrons. The van der Waals surface area contributed by atoms with Crippen LogP contribution in [0.3, 0.4) is 0 Å². The van der Waals surface area contributed by atoms with E-state index in [4.69, 9.17) is 0 Å². The van der Waals surface area contributed by atoms with Crippen molar-refractivity contribution in [2.45, 2.75) is 19.3 Å². The molecular weight excluding hydrogens is 761 g/mol. The molecule has 1 aliphatic carbocycles. The van der Waals surface area contributed by atoms with E-state index in [9.17, 15) is 0 Å². The van der Waals surface area contributed by atoms with Gasteiger partial charge in [0.05, 0.1) is 11.0 Å². The molecule has 1 aliphatic rings. The van der Waals surface area contributed by atoms with Crippen molar-refractivity contribution >= 4 is 49.6 Å². The summed E-state index contributed by atoms with van der Waals surface area (Å²) in [5.74, 6) is 0. The van der Waals surface area contributed by atoms with Crippen molar-refractivity contribution in [2.24, 2.45) is 0 Å². The van der Waals surface area contributed by atoms with Crippen molar-refractivity contribution in [3.05, 3.63) is 242 Å². The average molecular weight is 805 g/mol. The molecule has 0 amide bonds. The van der Waals surface area contributed by atoms with Gasteiger partial charge >= 0.3 is 0 Å². The minimum atomic E-state index is -0.0987. The topological polar surface area (TPSA) is 8.17 Å². The molecule has 0 unspecified atom stereocenters. The van der Waals surface area contributed by atoms with Crippen molar-refractivity contribution in [3.63, 3.8) is 0 Å². The molecule has 1 heterocycles. The Morgan fingerprint density at radius 3 is 1.68 bits per heavy atom. The lowest BCUT2D eigenvalue weighted by Crippen LogP contribution is -2.16. The van der Waals surface area contributed by atoms with Crippen LogP contribution < -0.4 is 4.90 Å². The fourth-order valence-corrected chi connectivity index (χ4v) is 10.1. The molecule has 0 bridgehead atoms. The summed E-state index contributed by atoms with van der Waals surface area (Å²) in [5.41, 5.74) is 19.5. The maximum Gasteiger partial charge on any atom is 0.0541 e. The highest BCUT2D eigenvalue weighted by molar-refractivity contribution is 6.10. The van der Waals surface area contributed by atoms with Crippen LogP contribution in [0, 0.1) is 0 Å². The zero-order chi connectivity index (χ0) is 42.1. The summed E-state index contributed by atoms with van der Waals surface area (Å²) in [5, 5.41) is 5.00. The van der Waals surface area contributed by atoms with Gasteiger partial charge in [-0.05, 0) is 139 Å². The Morgan fingerprint density at radius 1 is 0.333 bits per heavy atom. The molecule has 2 heteroatoms. The lowest BCUT2D eigenvalue weighted by atomic mass is 9.82. The Kier molecular flexibility index (Phi) is 8.55. The number of para-hydroxylation sites is 1. The molecule has 0 saturated carbocycles.